The quantitative estimate of drug-likeness (QED) is 0.115. The van der Waals surface area contributed by atoms with Crippen molar-refractivity contribution in [3.63, 3.8) is 0 Å². The zero-order valence-corrected chi connectivity index (χ0v) is 19.0. The number of nitro benzene ring substituents is 1. The second-order valence-corrected chi connectivity index (χ2v) is 7.95. The van der Waals surface area contributed by atoms with Gasteiger partial charge in [0.05, 0.1) is 17.2 Å². The Morgan fingerprint density at radius 3 is 2.48 bits per heavy atom. The van der Waals surface area contributed by atoms with Crippen molar-refractivity contribution in [2.24, 2.45) is 10.2 Å². The number of azo groups is 1. The van der Waals surface area contributed by atoms with E-state index in [2.05, 4.69) is 31.5 Å². The van der Waals surface area contributed by atoms with Crippen LogP contribution >= 0.6 is 27.3 Å². The summed E-state index contributed by atoms with van der Waals surface area (Å²) in [7, 11) is 0. The fourth-order valence-corrected chi connectivity index (χ4v) is 4.05. The van der Waals surface area contributed by atoms with Gasteiger partial charge in [0.1, 0.15) is 15.6 Å². The van der Waals surface area contributed by atoms with Gasteiger partial charge in [0, 0.05) is 29.6 Å². The lowest BCUT2D eigenvalue weighted by molar-refractivity contribution is -0.384. The van der Waals surface area contributed by atoms with E-state index >= 15 is 0 Å². The maximum atomic E-state index is 12.8. The smallest absolute Gasteiger partial charge is 0.341 e. The predicted molar refractivity (Wildman–Crippen MR) is 125 cm³/mol. The van der Waals surface area contributed by atoms with E-state index in [9.17, 15) is 14.9 Å². The molecular formula is C21H19BrN4O4S. The molecule has 3 aromatic rings. The van der Waals surface area contributed by atoms with Crippen LogP contribution < -0.4 is 5.32 Å². The van der Waals surface area contributed by atoms with Gasteiger partial charge >= 0.3 is 5.97 Å². The first-order valence-electron chi connectivity index (χ1n) is 9.40. The molecule has 0 aliphatic heterocycles. The molecule has 160 valence electrons. The number of alkyl halides is 1. The molecule has 0 saturated heterocycles. The molecule has 0 spiro atoms. The zero-order valence-electron chi connectivity index (χ0n) is 16.6. The highest BCUT2D eigenvalue weighted by Gasteiger charge is 2.26. The third-order valence-corrected chi connectivity index (χ3v) is 5.56. The number of carbonyl (C=O) groups is 1. The molecule has 0 aliphatic rings. The second kappa shape index (κ2) is 10.8. The van der Waals surface area contributed by atoms with Crippen molar-refractivity contribution < 1.29 is 14.5 Å². The second-order valence-electron chi connectivity index (χ2n) is 6.16. The first kappa shape index (κ1) is 22.6. The van der Waals surface area contributed by atoms with Crippen molar-refractivity contribution in [3.05, 3.63) is 70.3 Å². The van der Waals surface area contributed by atoms with Crippen molar-refractivity contribution in [2.45, 2.75) is 6.92 Å². The standard InChI is InChI=1S/C21H19BrN4O4S/c1-2-30-21(27)18-17(14-6-4-3-5-7-14)20(31-19(18)23-13-12-22)25-24-15-8-10-16(11-9-15)26(28)29/h3-11,23H,2,12-13H2,1H3. The lowest BCUT2D eigenvalue weighted by atomic mass is 10.0. The van der Waals surface area contributed by atoms with Crippen molar-refractivity contribution in [1.82, 2.24) is 0 Å². The monoisotopic (exact) mass is 502 g/mol. The molecular weight excluding hydrogens is 484 g/mol. The Bertz CT molecular complexity index is 1080. The summed E-state index contributed by atoms with van der Waals surface area (Å²) in [5, 5.41) is 24.6. The molecule has 1 N–H and O–H groups in total. The fourth-order valence-electron chi connectivity index (χ4n) is 2.79. The fraction of sp³-hybridized carbons (Fsp3) is 0.190. The zero-order chi connectivity index (χ0) is 22.2. The first-order chi connectivity index (χ1) is 15.0. The molecule has 2 aromatic carbocycles. The molecule has 0 atom stereocenters. The third kappa shape index (κ3) is 5.53. The molecule has 31 heavy (non-hydrogen) atoms. The normalized spacial score (nSPS) is 10.9. The molecule has 1 heterocycles. The average molecular weight is 503 g/mol. The number of hydrogen-bond donors (Lipinski definition) is 1. The van der Waals surface area contributed by atoms with E-state index in [1.807, 2.05) is 30.3 Å². The molecule has 0 aliphatic carbocycles. The minimum atomic E-state index is -0.471. The summed E-state index contributed by atoms with van der Waals surface area (Å²) in [5.41, 5.74) is 2.30. The molecule has 0 radical (unpaired) electrons. The van der Waals surface area contributed by atoms with E-state index in [4.69, 9.17) is 4.74 Å². The Morgan fingerprint density at radius 2 is 1.87 bits per heavy atom. The Balaban J connectivity index is 2.09. The van der Waals surface area contributed by atoms with Gasteiger partial charge in [0.2, 0.25) is 0 Å². The molecule has 8 nitrogen and oxygen atoms in total. The number of anilines is 1. The van der Waals surface area contributed by atoms with Gasteiger partial charge in [-0.25, -0.2) is 4.79 Å². The van der Waals surface area contributed by atoms with Gasteiger partial charge in [0.25, 0.3) is 5.69 Å². The van der Waals surface area contributed by atoms with Crippen LogP contribution in [0.15, 0.2) is 64.8 Å². The number of rotatable bonds is 9. The molecule has 1 aromatic heterocycles. The van der Waals surface area contributed by atoms with Crippen LogP contribution in [0.3, 0.4) is 0 Å². The van der Waals surface area contributed by atoms with E-state index in [0.717, 1.165) is 5.56 Å². The van der Waals surface area contributed by atoms with Crippen LogP contribution in [0.25, 0.3) is 11.1 Å². The van der Waals surface area contributed by atoms with Crippen LogP contribution in [-0.2, 0) is 4.74 Å². The summed E-state index contributed by atoms with van der Waals surface area (Å²) in [6, 6.07) is 15.2. The number of thiophene rings is 1. The van der Waals surface area contributed by atoms with Gasteiger partial charge in [-0.15, -0.1) is 10.2 Å². The molecule has 0 amide bonds. The van der Waals surface area contributed by atoms with E-state index in [1.165, 1.54) is 35.6 Å². The number of nitro groups is 1. The van der Waals surface area contributed by atoms with E-state index in [0.29, 0.717) is 38.7 Å². The summed E-state index contributed by atoms with van der Waals surface area (Å²) in [5.74, 6) is -0.438. The number of benzene rings is 2. The maximum Gasteiger partial charge on any atom is 0.341 e. The number of ether oxygens (including phenoxy) is 1. The maximum absolute atomic E-state index is 12.8. The SMILES string of the molecule is CCOC(=O)c1c(NCCBr)sc(N=Nc2ccc([N+](=O)[O-])cc2)c1-c1ccccc1. The number of halogens is 1. The number of nitrogens with zero attached hydrogens (tertiary/aromatic N) is 3. The lowest BCUT2D eigenvalue weighted by Crippen LogP contribution is -2.10. The third-order valence-electron chi connectivity index (χ3n) is 4.13. The highest BCUT2D eigenvalue weighted by atomic mass is 79.9. The van der Waals surface area contributed by atoms with E-state index in [1.54, 1.807) is 6.92 Å². The summed E-state index contributed by atoms with van der Waals surface area (Å²) in [6.45, 7) is 2.62. The molecule has 0 unspecified atom stereocenters. The molecule has 10 heteroatoms. The van der Waals surface area contributed by atoms with Crippen molar-refractivity contribution >= 4 is 54.6 Å². The van der Waals surface area contributed by atoms with Gasteiger partial charge in [-0.05, 0) is 24.6 Å². The molecule has 3 rings (SSSR count). The Labute approximate surface area is 191 Å². The van der Waals surface area contributed by atoms with Gasteiger partial charge in [0.15, 0.2) is 0 Å². The number of esters is 1. The van der Waals surface area contributed by atoms with Crippen LogP contribution in [0.5, 0.6) is 0 Å². The summed E-state index contributed by atoms with van der Waals surface area (Å²) in [4.78, 5) is 23.2. The first-order valence-corrected chi connectivity index (χ1v) is 11.3. The summed E-state index contributed by atoms with van der Waals surface area (Å²) < 4.78 is 5.30. The van der Waals surface area contributed by atoms with Crippen LogP contribution in [-0.4, -0.2) is 29.4 Å². The molecule has 0 fully saturated rings. The minimum absolute atomic E-state index is 0.0223. The minimum Gasteiger partial charge on any atom is -0.462 e. The number of hydrogen-bond acceptors (Lipinski definition) is 8. The Hall–Kier alpha value is -3.11. The van der Waals surface area contributed by atoms with Crippen LogP contribution in [0, 0.1) is 10.1 Å². The Kier molecular flexibility index (Phi) is 7.85. The van der Waals surface area contributed by atoms with Crippen LogP contribution in [0.2, 0.25) is 0 Å². The largest absolute Gasteiger partial charge is 0.462 e. The number of carbonyl (C=O) groups excluding carboxylic acids is 1. The van der Waals surface area contributed by atoms with Crippen LogP contribution in [0.1, 0.15) is 17.3 Å². The van der Waals surface area contributed by atoms with E-state index < -0.39 is 10.9 Å². The Morgan fingerprint density at radius 1 is 1.16 bits per heavy atom. The van der Waals surface area contributed by atoms with Crippen molar-refractivity contribution in [2.75, 3.05) is 23.8 Å². The van der Waals surface area contributed by atoms with Gasteiger partial charge < -0.3 is 10.1 Å². The van der Waals surface area contributed by atoms with Crippen LogP contribution in [0.4, 0.5) is 21.4 Å². The van der Waals surface area contributed by atoms with Crippen molar-refractivity contribution in [1.29, 1.82) is 0 Å². The summed E-state index contributed by atoms with van der Waals surface area (Å²) >= 11 is 4.68. The highest BCUT2D eigenvalue weighted by molar-refractivity contribution is 9.09. The molecule has 0 bridgehead atoms. The predicted octanol–water partition coefficient (Wildman–Crippen LogP) is 6.72. The molecule has 0 saturated carbocycles. The number of non-ortho nitro benzene ring substituents is 1. The topological polar surface area (TPSA) is 106 Å². The number of nitrogens with one attached hydrogen (secondary N) is 1. The average Bonchev–Trinajstić information content (AvgIpc) is 3.15. The van der Waals surface area contributed by atoms with Gasteiger partial charge in [-0.2, -0.15) is 0 Å². The van der Waals surface area contributed by atoms with Gasteiger partial charge in [-0.1, -0.05) is 57.6 Å². The summed E-state index contributed by atoms with van der Waals surface area (Å²) in [6.07, 6.45) is 0. The van der Waals surface area contributed by atoms with Gasteiger partial charge in [-0.3, -0.25) is 10.1 Å². The highest BCUT2D eigenvalue weighted by Crippen LogP contribution is 2.46. The van der Waals surface area contributed by atoms with Crippen molar-refractivity contribution in [3.8, 4) is 11.1 Å². The lowest BCUT2D eigenvalue weighted by Gasteiger charge is -2.08. The van der Waals surface area contributed by atoms with E-state index in [-0.39, 0.29) is 12.3 Å².